The molecule has 2 amide bonds. The lowest BCUT2D eigenvalue weighted by Gasteiger charge is -2.22. The molecule has 1 atom stereocenters. The highest BCUT2D eigenvalue weighted by atomic mass is 35.5. The Labute approximate surface area is 131 Å². The van der Waals surface area contributed by atoms with Crippen LogP contribution in [-0.2, 0) is 14.8 Å². The number of rotatable bonds is 3. The summed E-state index contributed by atoms with van der Waals surface area (Å²) in [7, 11) is -3.64. The van der Waals surface area contributed by atoms with Crippen molar-refractivity contribution < 1.29 is 18.0 Å². The number of carbonyl (C=O) groups excluding carboxylic acids is 2. The molecule has 0 spiro atoms. The normalized spacial score (nSPS) is 18.6. The third kappa shape index (κ3) is 4.12. The van der Waals surface area contributed by atoms with E-state index >= 15 is 0 Å². The Morgan fingerprint density at radius 2 is 1.95 bits per heavy atom. The molecule has 1 aromatic carbocycles. The SMILES string of the molecule is CS(=O)(=O)NC(=O)[C@@H]1CSCN1C(=O)c1ccc(Cl)cc1. The lowest BCUT2D eigenvalue weighted by Crippen LogP contribution is -2.48. The van der Waals surface area contributed by atoms with E-state index in [9.17, 15) is 18.0 Å². The van der Waals surface area contributed by atoms with E-state index in [1.807, 2.05) is 4.72 Å². The van der Waals surface area contributed by atoms with E-state index in [-0.39, 0.29) is 5.91 Å². The Hall–Kier alpha value is -1.25. The van der Waals surface area contributed by atoms with Gasteiger partial charge >= 0.3 is 0 Å². The minimum absolute atomic E-state index is 0.328. The quantitative estimate of drug-likeness (QED) is 0.878. The number of nitrogens with zero attached hydrogens (tertiary/aromatic N) is 1. The van der Waals surface area contributed by atoms with Crippen LogP contribution in [0.2, 0.25) is 5.02 Å². The van der Waals surface area contributed by atoms with Gasteiger partial charge in [0.15, 0.2) is 0 Å². The molecule has 0 aliphatic carbocycles. The predicted molar refractivity (Wildman–Crippen MR) is 81.7 cm³/mol. The molecule has 0 saturated carbocycles. The average molecular weight is 349 g/mol. The second-order valence-electron chi connectivity index (χ2n) is 4.54. The van der Waals surface area contributed by atoms with Gasteiger partial charge in [-0.1, -0.05) is 11.6 Å². The van der Waals surface area contributed by atoms with Crippen LogP contribution in [0, 0.1) is 0 Å². The second-order valence-corrected chi connectivity index (χ2v) is 7.72. The first-order chi connectivity index (χ1) is 9.78. The van der Waals surface area contributed by atoms with Gasteiger partial charge in [-0.05, 0) is 24.3 Å². The first kappa shape index (κ1) is 16.1. The summed E-state index contributed by atoms with van der Waals surface area (Å²) in [5.74, 6) is -0.320. The first-order valence-corrected chi connectivity index (χ1v) is 9.36. The number of thioether (sulfide) groups is 1. The highest BCUT2D eigenvalue weighted by Crippen LogP contribution is 2.24. The van der Waals surface area contributed by atoms with Crippen molar-refractivity contribution in [3.63, 3.8) is 0 Å². The summed E-state index contributed by atoms with van der Waals surface area (Å²) in [6.45, 7) is 0. The lowest BCUT2D eigenvalue weighted by atomic mass is 10.1. The Morgan fingerprint density at radius 1 is 1.33 bits per heavy atom. The fourth-order valence-electron chi connectivity index (χ4n) is 1.87. The van der Waals surface area contributed by atoms with E-state index in [1.165, 1.54) is 16.7 Å². The molecule has 1 aliphatic heterocycles. The molecule has 1 saturated heterocycles. The summed E-state index contributed by atoms with van der Waals surface area (Å²) in [6, 6.07) is 5.51. The molecule has 114 valence electrons. The third-order valence-corrected chi connectivity index (χ3v) is 4.66. The number of benzene rings is 1. The number of sulfonamides is 1. The van der Waals surface area contributed by atoms with Gasteiger partial charge in [0.2, 0.25) is 10.0 Å². The number of nitrogens with one attached hydrogen (secondary N) is 1. The fraction of sp³-hybridized carbons (Fsp3) is 0.333. The molecule has 0 aromatic heterocycles. The molecule has 1 heterocycles. The Kier molecular flexibility index (Phi) is 4.80. The molecule has 0 bridgehead atoms. The number of amides is 2. The summed E-state index contributed by atoms with van der Waals surface area (Å²) in [6.07, 6.45) is 0.901. The van der Waals surface area contributed by atoms with Gasteiger partial charge in [0.1, 0.15) is 6.04 Å². The molecule has 9 heteroatoms. The smallest absolute Gasteiger partial charge is 0.257 e. The van der Waals surface area contributed by atoms with E-state index < -0.39 is 22.0 Å². The molecular weight excluding hydrogens is 336 g/mol. The van der Waals surface area contributed by atoms with Crippen molar-refractivity contribution in [2.24, 2.45) is 0 Å². The summed E-state index contributed by atoms with van der Waals surface area (Å²) >= 11 is 7.16. The zero-order valence-corrected chi connectivity index (χ0v) is 13.5. The molecule has 1 aromatic rings. The van der Waals surface area contributed by atoms with Gasteiger partial charge in [0.25, 0.3) is 11.8 Å². The van der Waals surface area contributed by atoms with Crippen LogP contribution >= 0.6 is 23.4 Å². The van der Waals surface area contributed by atoms with E-state index in [0.717, 1.165) is 6.26 Å². The highest BCUT2D eigenvalue weighted by molar-refractivity contribution is 7.99. The van der Waals surface area contributed by atoms with E-state index in [2.05, 4.69) is 0 Å². The number of carbonyl (C=O) groups is 2. The minimum atomic E-state index is -3.64. The van der Waals surface area contributed by atoms with Gasteiger partial charge in [0.05, 0.1) is 12.1 Å². The summed E-state index contributed by atoms with van der Waals surface area (Å²) in [5, 5.41) is 0.508. The number of hydrogen-bond donors (Lipinski definition) is 1. The molecule has 1 N–H and O–H groups in total. The summed E-state index contributed by atoms with van der Waals surface area (Å²) in [4.78, 5) is 25.7. The van der Waals surface area contributed by atoms with E-state index in [4.69, 9.17) is 11.6 Å². The third-order valence-electron chi connectivity index (χ3n) is 2.82. The second kappa shape index (κ2) is 6.25. The zero-order valence-electron chi connectivity index (χ0n) is 11.1. The maximum Gasteiger partial charge on any atom is 0.257 e. The van der Waals surface area contributed by atoms with Crippen molar-refractivity contribution in [2.75, 3.05) is 17.9 Å². The Morgan fingerprint density at radius 3 is 2.52 bits per heavy atom. The lowest BCUT2D eigenvalue weighted by molar-refractivity contribution is -0.122. The van der Waals surface area contributed by atoms with Crippen LogP contribution in [0.3, 0.4) is 0 Å². The first-order valence-electron chi connectivity index (χ1n) is 5.94. The molecule has 6 nitrogen and oxygen atoms in total. The largest absolute Gasteiger partial charge is 0.316 e. The van der Waals surface area contributed by atoms with Crippen LogP contribution in [0.5, 0.6) is 0 Å². The van der Waals surface area contributed by atoms with E-state index in [1.54, 1.807) is 24.3 Å². The molecule has 1 fully saturated rings. The maximum absolute atomic E-state index is 12.4. The van der Waals surface area contributed by atoms with Crippen LogP contribution in [0.4, 0.5) is 0 Å². The van der Waals surface area contributed by atoms with Crippen molar-refractivity contribution in [1.29, 1.82) is 0 Å². The molecular formula is C12H13ClN2O4S2. The molecule has 0 unspecified atom stereocenters. The molecule has 2 rings (SSSR count). The predicted octanol–water partition coefficient (Wildman–Crippen LogP) is 0.931. The van der Waals surface area contributed by atoms with Crippen LogP contribution in [0.1, 0.15) is 10.4 Å². The fourth-order valence-corrected chi connectivity index (χ4v) is 3.65. The van der Waals surface area contributed by atoms with Gasteiger partial charge in [0, 0.05) is 16.3 Å². The monoisotopic (exact) mass is 348 g/mol. The van der Waals surface area contributed by atoms with Crippen LogP contribution < -0.4 is 4.72 Å². The van der Waals surface area contributed by atoms with Crippen molar-refractivity contribution >= 4 is 45.2 Å². The van der Waals surface area contributed by atoms with Crippen molar-refractivity contribution in [3.8, 4) is 0 Å². The Bertz CT molecular complexity index is 660. The van der Waals surface area contributed by atoms with Crippen LogP contribution in [-0.4, -0.2) is 49.1 Å². The molecule has 1 aliphatic rings. The topological polar surface area (TPSA) is 83.6 Å². The van der Waals surface area contributed by atoms with Crippen LogP contribution in [0.15, 0.2) is 24.3 Å². The van der Waals surface area contributed by atoms with Crippen molar-refractivity contribution in [3.05, 3.63) is 34.9 Å². The average Bonchev–Trinajstić information content (AvgIpc) is 2.86. The van der Waals surface area contributed by atoms with Gasteiger partial charge in [-0.3, -0.25) is 14.3 Å². The maximum atomic E-state index is 12.4. The van der Waals surface area contributed by atoms with Crippen molar-refractivity contribution in [1.82, 2.24) is 9.62 Å². The molecule has 21 heavy (non-hydrogen) atoms. The van der Waals surface area contributed by atoms with Gasteiger partial charge in [-0.2, -0.15) is 0 Å². The zero-order chi connectivity index (χ0) is 15.6. The van der Waals surface area contributed by atoms with Crippen LogP contribution in [0.25, 0.3) is 0 Å². The standard InChI is InChI=1S/C12H13ClN2O4S2/c1-21(18,19)14-11(16)10-6-20-7-15(10)12(17)8-2-4-9(13)5-3-8/h2-5,10H,6-7H2,1H3,(H,14,16)/t10-/m0/s1. The number of halogens is 1. The molecule has 0 radical (unpaired) electrons. The van der Waals surface area contributed by atoms with Gasteiger partial charge < -0.3 is 4.90 Å². The van der Waals surface area contributed by atoms with E-state index in [0.29, 0.717) is 22.2 Å². The Balaban J connectivity index is 2.16. The summed E-state index contributed by atoms with van der Waals surface area (Å²) < 4.78 is 24.2. The summed E-state index contributed by atoms with van der Waals surface area (Å²) in [5.41, 5.74) is 0.402. The van der Waals surface area contributed by atoms with Gasteiger partial charge in [-0.15, -0.1) is 11.8 Å². The van der Waals surface area contributed by atoms with Gasteiger partial charge in [-0.25, -0.2) is 8.42 Å². The van der Waals surface area contributed by atoms with Crippen molar-refractivity contribution in [2.45, 2.75) is 6.04 Å². The minimum Gasteiger partial charge on any atom is -0.316 e. The number of hydrogen-bond acceptors (Lipinski definition) is 5. The highest BCUT2D eigenvalue weighted by Gasteiger charge is 2.36.